The third-order valence-electron chi connectivity index (χ3n) is 10.4. The maximum Gasteiger partial charge on any atom is 0.326 e. The number of benzene rings is 5. The van der Waals surface area contributed by atoms with Gasteiger partial charge < -0.3 is 42.0 Å². The van der Waals surface area contributed by atoms with Gasteiger partial charge in [0, 0.05) is 19.4 Å². The Kier molecular flexibility index (Phi) is 16.2. The van der Waals surface area contributed by atoms with E-state index in [2.05, 4.69) is 21.3 Å². The average molecular weight is 816 g/mol. The molecular formula is C47H53N5O8. The van der Waals surface area contributed by atoms with Gasteiger partial charge in [0.15, 0.2) is 0 Å². The number of carbonyl (C=O) groups is 5. The lowest BCUT2D eigenvalue weighted by Crippen LogP contribution is -2.58. The number of carboxylic acids is 1. The summed E-state index contributed by atoms with van der Waals surface area (Å²) in [5, 5.41) is 32.8. The van der Waals surface area contributed by atoms with Crippen molar-refractivity contribution in [1.29, 1.82) is 0 Å². The number of fused-ring (bicyclic) bond motifs is 1. The lowest BCUT2D eigenvalue weighted by Gasteiger charge is -2.25. The number of hydrogen-bond acceptors (Lipinski definition) is 8. The van der Waals surface area contributed by atoms with Gasteiger partial charge in [0.05, 0.1) is 19.1 Å². The van der Waals surface area contributed by atoms with Crippen molar-refractivity contribution in [2.45, 2.75) is 75.5 Å². The summed E-state index contributed by atoms with van der Waals surface area (Å²) in [5.74, 6) is -3.07. The van der Waals surface area contributed by atoms with Crippen LogP contribution in [0, 0.1) is 0 Å². The van der Waals surface area contributed by atoms with Gasteiger partial charge in [-0.2, -0.15) is 0 Å². The maximum absolute atomic E-state index is 14.1. The second-order valence-corrected chi connectivity index (χ2v) is 14.9. The summed E-state index contributed by atoms with van der Waals surface area (Å²) >= 11 is 0. The number of amides is 4. The first-order valence-electron chi connectivity index (χ1n) is 20.0. The van der Waals surface area contributed by atoms with E-state index in [1.807, 2.05) is 104 Å². The maximum atomic E-state index is 14.1. The summed E-state index contributed by atoms with van der Waals surface area (Å²) in [6.45, 7) is 2.12. The summed E-state index contributed by atoms with van der Waals surface area (Å²) < 4.78 is 5.31. The zero-order valence-electron chi connectivity index (χ0n) is 33.8. The van der Waals surface area contributed by atoms with E-state index in [1.54, 1.807) is 19.2 Å². The number of aromatic hydroxyl groups is 1. The minimum absolute atomic E-state index is 0.0105. The molecule has 5 aromatic carbocycles. The Morgan fingerprint density at radius 1 is 0.617 bits per heavy atom. The first kappa shape index (κ1) is 44.4. The van der Waals surface area contributed by atoms with Crippen molar-refractivity contribution in [3.8, 4) is 11.5 Å². The van der Waals surface area contributed by atoms with E-state index in [9.17, 15) is 34.2 Å². The number of phenolic OH excluding ortho intramolecular Hbond substituents is 1. The van der Waals surface area contributed by atoms with Crippen LogP contribution in [0.4, 0.5) is 0 Å². The number of phenols is 1. The number of carboxylic acid groups (broad SMARTS) is 1. The molecular weight excluding hydrogens is 763 g/mol. The highest BCUT2D eigenvalue weighted by molar-refractivity contribution is 5.94. The smallest absolute Gasteiger partial charge is 0.326 e. The van der Waals surface area contributed by atoms with Gasteiger partial charge in [0.2, 0.25) is 23.6 Å². The fraction of sp³-hybridized carbons (Fsp3) is 0.298. The molecule has 13 nitrogen and oxygen atoms in total. The predicted molar refractivity (Wildman–Crippen MR) is 229 cm³/mol. The Morgan fingerprint density at radius 2 is 1.17 bits per heavy atom. The molecule has 0 unspecified atom stereocenters. The van der Waals surface area contributed by atoms with Crippen molar-refractivity contribution >= 4 is 40.4 Å². The molecule has 0 aliphatic carbocycles. The van der Waals surface area contributed by atoms with Gasteiger partial charge in [-0.3, -0.25) is 19.2 Å². The lowest BCUT2D eigenvalue weighted by molar-refractivity contribution is -0.142. The minimum atomic E-state index is -1.35. The summed E-state index contributed by atoms with van der Waals surface area (Å²) in [7, 11) is 1.61. The van der Waals surface area contributed by atoms with E-state index in [4.69, 9.17) is 10.5 Å². The Morgan fingerprint density at radius 3 is 1.82 bits per heavy atom. The second-order valence-electron chi connectivity index (χ2n) is 14.9. The molecule has 8 N–H and O–H groups in total. The second kappa shape index (κ2) is 21.9. The van der Waals surface area contributed by atoms with E-state index in [1.165, 1.54) is 12.1 Å². The zero-order valence-corrected chi connectivity index (χ0v) is 33.8. The monoisotopic (exact) mass is 815 g/mol. The molecule has 0 aliphatic heterocycles. The highest BCUT2D eigenvalue weighted by Gasteiger charge is 2.31. The topological polar surface area (TPSA) is 209 Å². The molecule has 0 saturated carbocycles. The number of hydrogen-bond donors (Lipinski definition) is 7. The molecule has 5 rings (SSSR count). The number of nitrogens with two attached hydrogens (primary N) is 1. The molecule has 0 aromatic heterocycles. The number of nitrogens with one attached hydrogen (secondary N) is 4. The Balaban J connectivity index is 1.26. The number of ether oxygens (including phenoxy) is 1. The number of unbranched alkanes of at least 4 members (excludes halogenated alkanes) is 1. The normalized spacial score (nSPS) is 13.5. The number of carbonyl (C=O) groups excluding carboxylic acids is 4. The van der Waals surface area contributed by atoms with E-state index in [0.717, 1.165) is 33.2 Å². The third-order valence-corrected chi connectivity index (χ3v) is 10.4. The first-order valence-corrected chi connectivity index (χ1v) is 20.0. The summed E-state index contributed by atoms with van der Waals surface area (Å²) in [5.41, 5.74) is 9.30. The van der Waals surface area contributed by atoms with Crippen LogP contribution in [0.2, 0.25) is 0 Å². The zero-order chi connectivity index (χ0) is 43.0. The molecule has 0 spiro atoms. The van der Waals surface area contributed by atoms with Crippen LogP contribution in [-0.4, -0.2) is 77.6 Å². The van der Waals surface area contributed by atoms with Gasteiger partial charge in [0.25, 0.3) is 0 Å². The van der Waals surface area contributed by atoms with E-state index < -0.39 is 53.8 Å². The Hall–Kier alpha value is -6.73. The molecule has 0 fully saturated rings. The minimum Gasteiger partial charge on any atom is -0.508 e. The fourth-order valence-corrected chi connectivity index (χ4v) is 6.81. The average Bonchev–Trinajstić information content (AvgIpc) is 3.25. The Labute approximate surface area is 349 Å². The molecule has 60 heavy (non-hydrogen) atoms. The molecule has 5 atom stereocenters. The molecule has 314 valence electrons. The van der Waals surface area contributed by atoms with Crippen molar-refractivity contribution in [2.24, 2.45) is 5.73 Å². The van der Waals surface area contributed by atoms with Crippen molar-refractivity contribution in [2.75, 3.05) is 13.7 Å². The fourth-order valence-electron chi connectivity index (χ4n) is 6.81. The first-order chi connectivity index (χ1) is 28.9. The summed E-state index contributed by atoms with van der Waals surface area (Å²) in [4.78, 5) is 66.9. The van der Waals surface area contributed by atoms with Crippen molar-refractivity contribution in [1.82, 2.24) is 21.3 Å². The predicted octanol–water partition coefficient (Wildman–Crippen LogP) is 4.54. The van der Waals surface area contributed by atoms with Crippen LogP contribution in [0.25, 0.3) is 10.8 Å². The molecule has 0 radical (unpaired) electrons. The van der Waals surface area contributed by atoms with Crippen LogP contribution in [0.15, 0.2) is 121 Å². The lowest BCUT2D eigenvalue weighted by atomic mass is 9.97. The van der Waals surface area contributed by atoms with Gasteiger partial charge in [-0.1, -0.05) is 97.1 Å². The number of rotatable bonds is 21. The van der Waals surface area contributed by atoms with Gasteiger partial charge in [-0.05, 0) is 89.9 Å². The van der Waals surface area contributed by atoms with E-state index >= 15 is 0 Å². The van der Waals surface area contributed by atoms with Crippen LogP contribution < -0.4 is 31.7 Å². The summed E-state index contributed by atoms with van der Waals surface area (Å²) in [6, 6.07) is 31.2. The van der Waals surface area contributed by atoms with E-state index in [-0.39, 0.29) is 37.3 Å². The summed E-state index contributed by atoms with van der Waals surface area (Å²) in [6.07, 6.45) is 1.18. The van der Waals surface area contributed by atoms with Crippen molar-refractivity contribution in [3.05, 3.63) is 144 Å². The van der Waals surface area contributed by atoms with Gasteiger partial charge in [0.1, 0.15) is 29.6 Å². The SMILES string of the molecule is COc1ccc2cc([C@H](C)C(=O)NCCCC[C@@H](NC(=O)[C@@H](Cc3ccccc3)NC(=O)[C@H](N)Cc3ccccc3)C(=O)N[C@H](Cc3ccc(O)cc3)C(=O)O)ccc2c1. The molecule has 0 bridgehead atoms. The number of aliphatic carboxylic acids is 1. The Bertz CT molecular complexity index is 2220. The molecule has 0 heterocycles. The van der Waals surface area contributed by atoms with Crippen LogP contribution >= 0.6 is 0 Å². The van der Waals surface area contributed by atoms with Crippen molar-refractivity contribution < 1.29 is 38.9 Å². The van der Waals surface area contributed by atoms with Crippen LogP contribution in [-0.2, 0) is 43.2 Å². The van der Waals surface area contributed by atoms with Gasteiger partial charge in [-0.25, -0.2) is 4.79 Å². The van der Waals surface area contributed by atoms with Gasteiger partial charge >= 0.3 is 5.97 Å². The highest BCUT2D eigenvalue weighted by atomic mass is 16.5. The quantitative estimate of drug-likeness (QED) is 0.0518. The molecule has 13 heteroatoms. The standard InChI is InChI=1S/C47H53N5O8/c1-30(34-18-19-36-29-38(60-2)23-20-35(36)28-34)43(54)49-24-10-9-15-40(45(56)52-42(47(58)59)27-33-16-21-37(53)22-17-33)50-46(57)41(26-32-13-7-4-8-14-32)51-44(55)39(48)25-31-11-5-3-6-12-31/h3-8,11-14,16-23,28-30,39-42,53H,9-10,15,24-27,48H2,1-2H3,(H,49,54)(H,50,57)(H,51,55)(H,52,56)(H,58,59)/t30-,39+,40+,41+,42+/m0/s1. The van der Waals surface area contributed by atoms with E-state index in [0.29, 0.717) is 24.9 Å². The van der Waals surface area contributed by atoms with Crippen LogP contribution in [0.5, 0.6) is 11.5 Å². The van der Waals surface area contributed by atoms with Crippen LogP contribution in [0.1, 0.15) is 54.4 Å². The number of methoxy groups -OCH3 is 1. The highest BCUT2D eigenvalue weighted by Crippen LogP contribution is 2.25. The van der Waals surface area contributed by atoms with Gasteiger partial charge in [-0.15, -0.1) is 0 Å². The molecule has 4 amide bonds. The van der Waals surface area contributed by atoms with Crippen molar-refractivity contribution in [3.63, 3.8) is 0 Å². The molecule has 0 saturated heterocycles. The largest absolute Gasteiger partial charge is 0.508 e. The molecule has 5 aromatic rings. The van der Waals surface area contributed by atoms with Crippen LogP contribution in [0.3, 0.4) is 0 Å². The molecule has 0 aliphatic rings. The third kappa shape index (κ3) is 13.1.